The molecule has 2 aromatic carbocycles. The summed E-state index contributed by atoms with van der Waals surface area (Å²) in [5.41, 5.74) is -0.800. The number of cyclic esters (lactones) is 1. The van der Waals surface area contributed by atoms with E-state index in [1.165, 1.54) is 13.0 Å². The Hall–Kier alpha value is -3.08. The van der Waals surface area contributed by atoms with E-state index in [4.69, 9.17) is 14.2 Å². The van der Waals surface area contributed by atoms with Gasteiger partial charge in [0.05, 0.1) is 7.11 Å². The highest BCUT2D eigenvalue weighted by Crippen LogP contribution is 2.37. The maximum Gasteiger partial charge on any atom is 0.332 e. The van der Waals surface area contributed by atoms with Crippen molar-refractivity contribution in [2.75, 3.05) is 7.11 Å². The van der Waals surface area contributed by atoms with Crippen molar-refractivity contribution in [1.82, 2.24) is 0 Å². The lowest BCUT2D eigenvalue weighted by Gasteiger charge is -2.15. The number of esters is 2. The standard InChI is InChI=1S/C19H16O5/c1-19(17(20)23-15-6-4-3-5-7-15)12-16(24-18(19)21)13-8-10-14(22-2)11-9-13/h3-12H,1-2H3/t19-/m0/s1. The summed E-state index contributed by atoms with van der Waals surface area (Å²) in [6.07, 6.45) is 1.49. The number of para-hydroxylation sites is 1. The SMILES string of the molecule is COc1ccc(C2=C[C@@](C)(C(=O)Oc3ccccc3)C(=O)O2)cc1. The molecule has 0 fully saturated rings. The van der Waals surface area contributed by atoms with Gasteiger partial charge in [0.1, 0.15) is 17.3 Å². The average Bonchev–Trinajstić information content (AvgIpc) is 2.92. The molecule has 0 aliphatic carbocycles. The zero-order valence-electron chi connectivity index (χ0n) is 13.3. The Bertz CT molecular complexity index is 792. The molecule has 0 bridgehead atoms. The molecule has 2 aromatic rings. The summed E-state index contributed by atoms with van der Waals surface area (Å²) >= 11 is 0. The molecule has 3 rings (SSSR count). The number of rotatable bonds is 4. The predicted octanol–water partition coefficient (Wildman–Crippen LogP) is 3.20. The van der Waals surface area contributed by atoms with Crippen LogP contribution < -0.4 is 9.47 Å². The minimum Gasteiger partial charge on any atom is -0.497 e. The van der Waals surface area contributed by atoms with E-state index in [1.807, 2.05) is 6.07 Å². The van der Waals surface area contributed by atoms with E-state index in [0.717, 1.165) is 0 Å². The Morgan fingerprint density at radius 2 is 1.67 bits per heavy atom. The highest BCUT2D eigenvalue weighted by Gasteiger charge is 2.48. The zero-order valence-corrected chi connectivity index (χ0v) is 13.3. The van der Waals surface area contributed by atoms with E-state index < -0.39 is 17.4 Å². The fraction of sp³-hybridized carbons (Fsp3) is 0.158. The van der Waals surface area contributed by atoms with Crippen LogP contribution in [0.3, 0.4) is 0 Å². The Morgan fingerprint density at radius 1 is 1.00 bits per heavy atom. The van der Waals surface area contributed by atoms with Gasteiger partial charge in [-0.1, -0.05) is 18.2 Å². The Morgan fingerprint density at radius 3 is 2.29 bits per heavy atom. The summed E-state index contributed by atoms with van der Waals surface area (Å²) in [5.74, 6) is 0.0596. The summed E-state index contributed by atoms with van der Waals surface area (Å²) in [6, 6.07) is 15.6. The van der Waals surface area contributed by atoms with Gasteiger partial charge in [-0.25, -0.2) is 0 Å². The van der Waals surface area contributed by atoms with Crippen LogP contribution in [0.4, 0.5) is 0 Å². The first kappa shape index (κ1) is 15.8. The first-order valence-corrected chi connectivity index (χ1v) is 7.40. The highest BCUT2D eigenvalue weighted by molar-refractivity contribution is 6.08. The zero-order chi connectivity index (χ0) is 17.2. The van der Waals surface area contributed by atoms with Crippen molar-refractivity contribution in [2.24, 2.45) is 5.41 Å². The molecular formula is C19H16O5. The van der Waals surface area contributed by atoms with Crippen LogP contribution in [0, 0.1) is 5.41 Å². The van der Waals surface area contributed by atoms with E-state index in [-0.39, 0.29) is 0 Å². The van der Waals surface area contributed by atoms with Crippen molar-refractivity contribution < 1.29 is 23.8 Å². The Balaban J connectivity index is 1.84. The number of benzene rings is 2. The van der Waals surface area contributed by atoms with Crippen molar-refractivity contribution in [3.05, 3.63) is 66.2 Å². The van der Waals surface area contributed by atoms with E-state index in [1.54, 1.807) is 55.6 Å². The third-order valence-corrected chi connectivity index (χ3v) is 3.80. The van der Waals surface area contributed by atoms with Crippen molar-refractivity contribution in [2.45, 2.75) is 6.92 Å². The molecule has 5 nitrogen and oxygen atoms in total. The number of ether oxygens (including phenoxy) is 3. The molecule has 0 spiro atoms. The molecule has 0 saturated heterocycles. The van der Waals surface area contributed by atoms with Crippen LogP contribution in [0.5, 0.6) is 11.5 Å². The van der Waals surface area contributed by atoms with Gasteiger partial charge in [0, 0.05) is 5.56 Å². The van der Waals surface area contributed by atoms with Crippen LogP contribution in [0.25, 0.3) is 5.76 Å². The average molecular weight is 324 g/mol. The van der Waals surface area contributed by atoms with Gasteiger partial charge in [-0.3, -0.25) is 9.59 Å². The molecule has 1 aliphatic heterocycles. The first-order chi connectivity index (χ1) is 11.5. The van der Waals surface area contributed by atoms with Crippen LogP contribution in [0.2, 0.25) is 0 Å². The molecule has 1 aliphatic rings. The van der Waals surface area contributed by atoms with Gasteiger partial charge in [0.2, 0.25) is 0 Å². The van der Waals surface area contributed by atoms with Gasteiger partial charge in [0.25, 0.3) is 0 Å². The van der Waals surface area contributed by atoms with Gasteiger partial charge in [-0.05, 0) is 49.4 Å². The molecule has 0 amide bonds. The fourth-order valence-corrected chi connectivity index (χ4v) is 2.30. The molecule has 0 unspecified atom stereocenters. The third kappa shape index (κ3) is 2.88. The predicted molar refractivity (Wildman–Crippen MR) is 87.2 cm³/mol. The van der Waals surface area contributed by atoms with Crippen molar-refractivity contribution >= 4 is 17.7 Å². The largest absolute Gasteiger partial charge is 0.497 e. The quantitative estimate of drug-likeness (QED) is 0.491. The number of carbonyl (C=O) groups is 2. The normalized spacial score (nSPS) is 19.4. The van der Waals surface area contributed by atoms with Crippen LogP contribution in [0.15, 0.2) is 60.7 Å². The van der Waals surface area contributed by atoms with E-state index in [9.17, 15) is 9.59 Å². The number of methoxy groups -OCH3 is 1. The van der Waals surface area contributed by atoms with Crippen LogP contribution in [0.1, 0.15) is 12.5 Å². The van der Waals surface area contributed by atoms with Gasteiger partial charge in [-0.15, -0.1) is 0 Å². The molecular weight excluding hydrogens is 308 g/mol. The van der Waals surface area contributed by atoms with E-state index in [0.29, 0.717) is 22.8 Å². The second kappa shape index (κ2) is 6.20. The molecule has 1 heterocycles. The van der Waals surface area contributed by atoms with Crippen molar-refractivity contribution in [1.29, 1.82) is 0 Å². The van der Waals surface area contributed by atoms with Crippen LogP contribution in [-0.4, -0.2) is 19.0 Å². The first-order valence-electron chi connectivity index (χ1n) is 7.40. The lowest BCUT2D eigenvalue weighted by Crippen LogP contribution is -2.35. The summed E-state index contributed by atoms with van der Waals surface area (Å²) in [7, 11) is 1.57. The minimum absolute atomic E-state index is 0.329. The maximum absolute atomic E-state index is 12.4. The number of carbonyl (C=O) groups excluding carboxylic acids is 2. The van der Waals surface area contributed by atoms with Gasteiger partial charge < -0.3 is 14.2 Å². The topological polar surface area (TPSA) is 61.8 Å². The van der Waals surface area contributed by atoms with Gasteiger partial charge in [0.15, 0.2) is 5.41 Å². The maximum atomic E-state index is 12.4. The molecule has 0 radical (unpaired) electrons. The second-order valence-electron chi connectivity index (χ2n) is 5.53. The van der Waals surface area contributed by atoms with E-state index >= 15 is 0 Å². The van der Waals surface area contributed by atoms with Gasteiger partial charge >= 0.3 is 11.9 Å². The number of hydrogen-bond acceptors (Lipinski definition) is 5. The summed E-state index contributed by atoms with van der Waals surface area (Å²) < 4.78 is 15.7. The van der Waals surface area contributed by atoms with Crippen LogP contribution >= 0.6 is 0 Å². The molecule has 0 aromatic heterocycles. The molecule has 5 heteroatoms. The smallest absolute Gasteiger partial charge is 0.332 e. The minimum atomic E-state index is -1.48. The lowest BCUT2D eigenvalue weighted by atomic mass is 9.91. The number of hydrogen-bond donors (Lipinski definition) is 0. The summed E-state index contributed by atoms with van der Waals surface area (Å²) in [4.78, 5) is 24.7. The lowest BCUT2D eigenvalue weighted by molar-refractivity contribution is -0.155. The summed E-state index contributed by atoms with van der Waals surface area (Å²) in [6.45, 7) is 1.48. The molecule has 1 atom stereocenters. The molecule has 24 heavy (non-hydrogen) atoms. The van der Waals surface area contributed by atoms with E-state index in [2.05, 4.69) is 0 Å². The third-order valence-electron chi connectivity index (χ3n) is 3.80. The second-order valence-corrected chi connectivity index (χ2v) is 5.53. The van der Waals surface area contributed by atoms with Crippen LogP contribution in [-0.2, 0) is 14.3 Å². The molecule has 0 saturated carbocycles. The Labute approximate surface area is 139 Å². The molecule has 0 N–H and O–H groups in total. The fourth-order valence-electron chi connectivity index (χ4n) is 2.30. The van der Waals surface area contributed by atoms with Gasteiger partial charge in [-0.2, -0.15) is 0 Å². The Kier molecular flexibility index (Phi) is 4.08. The monoisotopic (exact) mass is 324 g/mol. The summed E-state index contributed by atoms with van der Waals surface area (Å²) in [5, 5.41) is 0. The highest BCUT2D eigenvalue weighted by atomic mass is 16.6. The molecule has 122 valence electrons. The van der Waals surface area contributed by atoms with Crippen molar-refractivity contribution in [3.63, 3.8) is 0 Å². The van der Waals surface area contributed by atoms with Crippen molar-refractivity contribution in [3.8, 4) is 11.5 Å².